The number of nitrogens with zero attached hydrogens (tertiary/aromatic N) is 5. The third-order valence-electron chi connectivity index (χ3n) is 3.12. The second-order valence-electron chi connectivity index (χ2n) is 5.01. The van der Waals surface area contributed by atoms with Crippen molar-refractivity contribution >= 4 is 29.2 Å². The van der Waals surface area contributed by atoms with Crippen molar-refractivity contribution < 1.29 is 9.74 Å². The second-order valence-corrected chi connectivity index (χ2v) is 5.01. The molecule has 1 heterocycles. The number of hydrogen-bond acceptors (Lipinski definition) is 8. The number of hydrogen-bond donors (Lipinski definition) is 2. The summed E-state index contributed by atoms with van der Waals surface area (Å²) in [6.45, 7) is 1.99. The minimum Gasteiger partial charge on any atom is -0.507 e. The number of benzene rings is 2. The van der Waals surface area contributed by atoms with E-state index in [2.05, 4.69) is 30.2 Å². The maximum atomic E-state index is 9.94. The highest BCUT2D eigenvalue weighted by molar-refractivity contribution is 5.86. The highest BCUT2D eigenvalue weighted by Gasteiger charge is 2.05. The monoisotopic (exact) mass is 322 g/mol. The number of rotatable bonds is 4. The summed E-state index contributed by atoms with van der Waals surface area (Å²) in [5, 5.41) is 24.7. The Morgan fingerprint density at radius 3 is 2.71 bits per heavy atom. The van der Waals surface area contributed by atoms with Crippen molar-refractivity contribution in [3.8, 4) is 5.75 Å². The highest BCUT2D eigenvalue weighted by Crippen LogP contribution is 2.25. The van der Waals surface area contributed by atoms with Crippen molar-refractivity contribution in [3.63, 3.8) is 0 Å². The fourth-order valence-electron chi connectivity index (χ4n) is 1.93. The molecule has 0 bridgehead atoms. The van der Waals surface area contributed by atoms with Gasteiger partial charge in [-0.05, 0) is 53.1 Å². The fourth-order valence-corrected chi connectivity index (χ4v) is 1.93. The van der Waals surface area contributed by atoms with Crippen LogP contribution in [0, 0.1) is 6.92 Å². The summed E-state index contributed by atoms with van der Waals surface area (Å²) in [6, 6.07) is 12.5. The summed E-state index contributed by atoms with van der Waals surface area (Å²) >= 11 is 0. The largest absolute Gasteiger partial charge is 0.507 e. The fraction of sp³-hybridized carbons (Fsp3) is 0.0625. The van der Waals surface area contributed by atoms with Crippen LogP contribution in [0.5, 0.6) is 5.75 Å². The summed E-state index contributed by atoms with van der Waals surface area (Å²) in [4.78, 5) is 4.35. The topological polar surface area (TPSA) is 122 Å². The lowest BCUT2D eigenvalue weighted by atomic mass is 10.2. The standard InChI is InChI=1S/C16H14N6O2/c1-10-3-2-4-12(7-10)18-9-11-8-13(5-6-14(11)23)19-20-16-15(17)21-24-22-16/h2-9,23H,1H3,(H2,17,21). The molecule has 0 radical (unpaired) electrons. The molecule has 3 aromatic rings. The van der Waals surface area contributed by atoms with Crippen molar-refractivity contribution in [1.29, 1.82) is 0 Å². The molecule has 0 amide bonds. The Balaban J connectivity index is 1.84. The molecular formula is C16H14N6O2. The number of nitrogens with two attached hydrogens (primary N) is 1. The summed E-state index contributed by atoms with van der Waals surface area (Å²) in [7, 11) is 0. The van der Waals surface area contributed by atoms with E-state index >= 15 is 0 Å². The number of anilines is 1. The first-order valence-corrected chi connectivity index (χ1v) is 7.05. The Hall–Kier alpha value is -3.55. The van der Waals surface area contributed by atoms with Gasteiger partial charge in [-0.3, -0.25) is 4.99 Å². The Morgan fingerprint density at radius 1 is 1.08 bits per heavy atom. The molecule has 0 fully saturated rings. The van der Waals surface area contributed by atoms with E-state index in [1.165, 1.54) is 6.07 Å². The molecule has 0 unspecified atom stereocenters. The van der Waals surface area contributed by atoms with Crippen LogP contribution in [0.15, 0.2) is 62.3 Å². The van der Waals surface area contributed by atoms with Gasteiger partial charge < -0.3 is 10.8 Å². The number of azo groups is 1. The van der Waals surface area contributed by atoms with Crippen LogP contribution >= 0.6 is 0 Å². The molecular weight excluding hydrogens is 308 g/mol. The molecule has 0 saturated carbocycles. The molecule has 0 aliphatic carbocycles. The van der Waals surface area contributed by atoms with Gasteiger partial charge in [-0.1, -0.05) is 12.1 Å². The van der Waals surface area contributed by atoms with Crippen LogP contribution in [-0.2, 0) is 0 Å². The zero-order valence-corrected chi connectivity index (χ0v) is 12.8. The van der Waals surface area contributed by atoms with Gasteiger partial charge in [0.15, 0.2) is 0 Å². The van der Waals surface area contributed by atoms with E-state index in [1.54, 1.807) is 18.3 Å². The van der Waals surface area contributed by atoms with Crippen LogP contribution in [0.4, 0.5) is 23.0 Å². The second kappa shape index (κ2) is 6.69. The minimum absolute atomic E-state index is 0.0544. The van der Waals surface area contributed by atoms with E-state index in [9.17, 15) is 5.11 Å². The summed E-state index contributed by atoms with van der Waals surface area (Å²) < 4.78 is 4.43. The number of aromatic hydroxyl groups is 1. The van der Waals surface area contributed by atoms with Gasteiger partial charge in [0.1, 0.15) is 5.75 Å². The van der Waals surface area contributed by atoms with Crippen LogP contribution in [0.1, 0.15) is 11.1 Å². The maximum absolute atomic E-state index is 9.94. The van der Waals surface area contributed by atoms with Crippen LogP contribution in [0.3, 0.4) is 0 Å². The quantitative estimate of drug-likeness (QED) is 0.558. The zero-order valence-electron chi connectivity index (χ0n) is 12.8. The first-order valence-electron chi connectivity index (χ1n) is 7.05. The molecule has 1 aromatic heterocycles. The van der Waals surface area contributed by atoms with Gasteiger partial charge in [-0.25, -0.2) is 4.63 Å². The maximum Gasteiger partial charge on any atom is 0.261 e. The molecule has 2 aromatic carbocycles. The number of phenols is 1. The first kappa shape index (κ1) is 15.3. The molecule has 24 heavy (non-hydrogen) atoms. The van der Waals surface area contributed by atoms with Crippen LogP contribution in [-0.4, -0.2) is 21.6 Å². The molecule has 0 aliphatic rings. The number of aromatic nitrogens is 2. The van der Waals surface area contributed by atoms with Crippen molar-refractivity contribution in [3.05, 3.63) is 53.6 Å². The lowest BCUT2D eigenvalue weighted by molar-refractivity contribution is 0.310. The predicted octanol–water partition coefficient (Wildman–Crippen LogP) is 3.83. The molecule has 120 valence electrons. The van der Waals surface area contributed by atoms with Crippen LogP contribution in [0.25, 0.3) is 0 Å². The van der Waals surface area contributed by atoms with E-state index in [4.69, 9.17) is 5.73 Å². The Kier molecular flexibility index (Phi) is 4.28. The van der Waals surface area contributed by atoms with Crippen molar-refractivity contribution in [2.24, 2.45) is 15.2 Å². The number of aryl methyl sites for hydroxylation is 1. The Labute approximate surface area is 137 Å². The van der Waals surface area contributed by atoms with Gasteiger partial charge in [-0.15, -0.1) is 10.2 Å². The van der Waals surface area contributed by atoms with Crippen LogP contribution < -0.4 is 5.73 Å². The lowest BCUT2D eigenvalue weighted by Crippen LogP contribution is -1.83. The Morgan fingerprint density at radius 2 is 1.96 bits per heavy atom. The zero-order chi connectivity index (χ0) is 16.9. The van der Waals surface area contributed by atoms with E-state index in [0.29, 0.717) is 11.3 Å². The molecule has 0 spiro atoms. The number of phenolic OH excluding ortho intramolecular Hbond substituents is 1. The van der Waals surface area contributed by atoms with Crippen molar-refractivity contribution in [1.82, 2.24) is 10.3 Å². The van der Waals surface area contributed by atoms with Crippen molar-refractivity contribution in [2.45, 2.75) is 6.92 Å². The SMILES string of the molecule is Cc1cccc(N=Cc2cc(N=Nc3nonc3N)ccc2O)c1. The molecule has 3 rings (SSSR count). The lowest BCUT2D eigenvalue weighted by Gasteiger charge is -2.00. The average Bonchev–Trinajstić information content (AvgIpc) is 2.98. The first-order chi connectivity index (χ1) is 11.6. The molecule has 8 heteroatoms. The summed E-state index contributed by atoms with van der Waals surface area (Å²) in [5.41, 5.74) is 8.42. The predicted molar refractivity (Wildman–Crippen MR) is 89.4 cm³/mol. The van der Waals surface area contributed by atoms with E-state index in [1.807, 2.05) is 31.2 Å². The number of aliphatic imine (C=N–C) groups is 1. The molecule has 0 aliphatic heterocycles. The van der Waals surface area contributed by atoms with Gasteiger partial charge in [-0.2, -0.15) is 0 Å². The normalized spacial score (nSPS) is 11.5. The van der Waals surface area contributed by atoms with Crippen LogP contribution in [0.2, 0.25) is 0 Å². The van der Waals surface area contributed by atoms with Gasteiger partial charge >= 0.3 is 0 Å². The van der Waals surface area contributed by atoms with Gasteiger partial charge in [0.2, 0.25) is 5.82 Å². The molecule has 3 N–H and O–H groups in total. The average molecular weight is 322 g/mol. The smallest absolute Gasteiger partial charge is 0.261 e. The summed E-state index contributed by atoms with van der Waals surface area (Å²) in [5.74, 6) is 0.241. The minimum atomic E-state index is 0.0544. The van der Waals surface area contributed by atoms with E-state index in [0.717, 1.165) is 11.3 Å². The van der Waals surface area contributed by atoms with Gasteiger partial charge in [0.25, 0.3) is 5.82 Å². The van der Waals surface area contributed by atoms with E-state index in [-0.39, 0.29) is 17.4 Å². The third-order valence-corrected chi connectivity index (χ3v) is 3.12. The molecule has 0 atom stereocenters. The van der Waals surface area contributed by atoms with Crippen molar-refractivity contribution in [2.75, 3.05) is 5.73 Å². The third kappa shape index (κ3) is 3.61. The number of nitrogen functional groups attached to an aromatic ring is 1. The molecule has 8 nitrogen and oxygen atoms in total. The van der Waals surface area contributed by atoms with E-state index < -0.39 is 0 Å². The molecule has 0 saturated heterocycles. The highest BCUT2D eigenvalue weighted by atomic mass is 16.6. The van der Waals surface area contributed by atoms with Gasteiger partial charge in [0.05, 0.1) is 11.4 Å². The Bertz CT molecular complexity index is 916. The van der Waals surface area contributed by atoms with Gasteiger partial charge in [0, 0.05) is 11.8 Å². The summed E-state index contributed by atoms with van der Waals surface area (Å²) in [6.07, 6.45) is 1.56.